The molecule has 0 spiro atoms. The van der Waals surface area contributed by atoms with Gasteiger partial charge in [0.05, 0.1) is 21.5 Å². The van der Waals surface area contributed by atoms with Gasteiger partial charge in [-0.2, -0.15) is 0 Å². The van der Waals surface area contributed by atoms with Crippen molar-refractivity contribution < 1.29 is 24.2 Å². The van der Waals surface area contributed by atoms with Crippen molar-refractivity contribution in [3.8, 4) is 5.75 Å². The number of aliphatic hydroxyl groups is 1. The highest BCUT2D eigenvalue weighted by molar-refractivity contribution is 6.42. The van der Waals surface area contributed by atoms with E-state index in [0.29, 0.717) is 5.69 Å². The molecule has 3 aromatic rings. The Morgan fingerprint density at radius 3 is 2.52 bits per heavy atom. The predicted molar refractivity (Wildman–Crippen MR) is 108 cm³/mol. The molecule has 1 amide bonds. The number of rotatable bonds is 4. The van der Waals surface area contributed by atoms with E-state index in [0.717, 1.165) is 6.07 Å². The maximum atomic E-state index is 14.9. The van der Waals surface area contributed by atoms with Gasteiger partial charge in [0, 0.05) is 16.6 Å². The zero-order valence-electron chi connectivity index (χ0n) is 15.5. The first-order valence-electron chi connectivity index (χ1n) is 8.59. The number of nitrogens with one attached hydrogen (secondary N) is 1. The molecule has 1 heterocycles. The summed E-state index contributed by atoms with van der Waals surface area (Å²) in [6, 6.07) is 6.90. The molecule has 3 rings (SSSR count). The third-order valence-corrected chi connectivity index (χ3v) is 5.52. The lowest BCUT2D eigenvalue weighted by Crippen LogP contribution is -2.29. The standard InChI is InChI=1S/C20H17Cl2FN2O4/c1-9(19(28)24-8-26)16-10(2)25(14-5-6-15(27)18(23)17(14)16)20(29)11-3-4-12(21)13(22)7-11/h3-7,9,26-27H,8H2,1-2H3,(H,24,28). The number of hydrogen-bond acceptors (Lipinski definition) is 4. The molecule has 0 aliphatic rings. The van der Waals surface area contributed by atoms with Crippen LogP contribution in [0.15, 0.2) is 30.3 Å². The van der Waals surface area contributed by atoms with Crippen LogP contribution in [0.5, 0.6) is 5.75 Å². The number of amides is 1. The van der Waals surface area contributed by atoms with Crippen molar-refractivity contribution in [2.24, 2.45) is 0 Å². The van der Waals surface area contributed by atoms with E-state index in [1.54, 1.807) is 6.92 Å². The first-order valence-corrected chi connectivity index (χ1v) is 9.35. The van der Waals surface area contributed by atoms with E-state index in [1.165, 1.54) is 35.8 Å². The molecule has 6 nitrogen and oxygen atoms in total. The Bertz CT molecular complexity index is 1140. The average molecular weight is 439 g/mol. The maximum absolute atomic E-state index is 14.9. The van der Waals surface area contributed by atoms with Crippen LogP contribution >= 0.6 is 23.2 Å². The fourth-order valence-electron chi connectivity index (χ4n) is 3.39. The summed E-state index contributed by atoms with van der Waals surface area (Å²) in [7, 11) is 0. The molecule has 0 fully saturated rings. The zero-order valence-corrected chi connectivity index (χ0v) is 17.0. The maximum Gasteiger partial charge on any atom is 0.262 e. The number of phenolic OH excluding ortho intramolecular Hbond substituents is 1. The number of aromatic nitrogens is 1. The fraction of sp³-hybridized carbons (Fsp3) is 0.200. The number of nitrogens with zero attached hydrogens (tertiary/aromatic N) is 1. The lowest BCUT2D eigenvalue weighted by atomic mass is 9.96. The van der Waals surface area contributed by atoms with Gasteiger partial charge in [-0.25, -0.2) is 4.39 Å². The molecule has 0 radical (unpaired) electrons. The molecule has 29 heavy (non-hydrogen) atoms. The number of hydrogen-bond donors (Lipinski definition) is 3. The van der Waals surface area contributed by atoms with Gasteiger partial charge in [0.25, 0.3) is 5.91 Å². The summed E-state index contributed by atoms with van der Waals surface area (Å²) in [5.41, 5.74) is 0.952. The minimum absolute atomic E-state index is 0.0449. The van der Waals surface area contributed by atoms with Gasteiger partial charge in [0.15, 0.2) is 11.6 Å². The van der Waals surface area contributed by atoms with Gasteiger partial charge in [-0.05, 0) is 49.7 Å². The van der Waals surface area contributed by atoms with Crippen LogP contribution in [0.2, 0.25) is 10.0 Å². The van der Waals surface area contributed by atoms with Crippen molar-refractivity contribution in [2.45, 2.75) is 19.8 Å². The van der Waals surface area contributed by atoms with E-state index < -0.39 is 36.0 Å². The highest BCUT2D eigenvalue weighted by Crippen LogP contribution is 2.37. The van der Waals surface area contributed by atoms with Crippen LogP contribution in [0.3, 0.4) is 0 Å². The molecule has 0 aliphatic carbocycles. The molecule has 0 saturated heterocycles. The molecule has 2 aromatic carbocycles. The summed E-state index contributed by atoms with van der Waals surface area (Å²) in [5, 5.41) is 21.5. The van der Waals surface area contributed by atoms with E-state index in [9.17, 15) is 19.1 Å². The Kier molecular flexibility index (Phi) is 5.84. The third kappa shape index (κ3) is 3.57. The molecule has 1 unspecified atom stereocenters. The number of aliphatic hydroxyl groups excluding tert-OH is 1. The van der Waals surface area contributed by atoms with Gasteiger partial charge in [-0.15, -0.1) is 0 Å². The van der Waals surface area contributed by atoms with Crippen molar-refractivity contribution in [3.05, 3.63) is 63.0 Å². The second kappa shape index (κ2) is 8.02. The van der Waals surface area contributed by atoms with Crippen LogP contribution in [0.1, 0.15) is 34.5 Å². The number of carbonyl (C=O) groups is 2. The first-order chi connectivity index (χ1) is 13.7. The minimum atomic E-state index is -0.940. The number of aromatic hydroxyl groups is 1. The Labute approximate surface area is 175 Å². The lowest BCUT2D eigenvalue weighted by molar-refractivity contribution is -0.123. The number of phenols is 1. The number of fused-ring (bicyclic) bond motifs is 1. The molecule has 9 heteroatoms. The fourth-order valence-corrected chi connectivity index (χ4v) is 3.69. The van der Waals surface area contributed by atoms with Crippen molar-refractivity contribution in [2.75, 3.05) is 6.73 Å². The minimum Gasteiger partial charge on any atom is -0.505 e. The van der Waals surface area contributed by atoms with Crippen molar-refractivity contribution >= 4 is 45.9 Å². The van der Waals surface area contributed by atoms with E-state index in [4.69, 9.17) is 28.3 Å². The van der Waals surface area contributed by atoms with Crippen molar-refractivity contribution in [3.63, 3.8) is 0 Å². The summed E-state index contributed by atoms with van der Waals surface area (Å²) in [5.74, 6) is -3.50. The largest absolute Gasteiger partial charge is 0.505 e. The van der Waals surface area contributed by atoms with Crippen LogP contribution in [0.4, 0.5) is 4.39 Å². The van der Waals surface area contributed by atoms with Gasteiger partial charge in [-0.1, -0.05) is 23.2 Å². The van der Waals surface area contributed by atoms with Crippen LogP contribution in [0, 0.1) is 12.7 Å². The highest BCUT2D eigenvalue weighted by atomic mass is 35.5. The molecule has 0 bridgehead atoms. The Hall–Kier alpha value is -2.61. The van der Waals surface area contributed by atoms with E-state index in [-0.39, 0.29) is 32.1 Å². The normalized spacial score (nSPS) is 12.2. The van der Waals surface area contributed by atoms with Gasteiger partial charge >= 0.3 is 0 Å². The monoisotopic (exact) mass is 438 g/mol. The van der Waals surface area contributed by atoms with Crippen molar-refractivity contribution in [1.29, 1.82) is 0 Å². The predicted octanol–water partition coefficient (Wildman–Crippen LogP) is 3.96. The molecule has 0 aliphatic heterocycles. The van der Waals surface area contributed by atoms with Gasteiger partial charge < -0.3 is 15.5 Å². The lowest BCUT2D eigenvalue weighted by Gasteiger charge is -2.13. The third-order valence-electron chi connectivity index (χ3n) is 4.78. The topological polar surface area (TPSA) is 91.6 Å². The van der Waals surface area contributed by atoms with E-state index >= 15 is 0 Å². The molecule has 1 atom stereocenters. The van der Waals surface area contributed by atoms with Gasteiger partial charge in [0.1, 0.15) is 6.73 Å². The molecular formula is C20H17Cl2FN2O4. The molecular weight excluding hydrogens is 422 g/mol. The number of benzene rings is 2. The van der Waals surface area contributed by atoms with Crippen molar-refractivity contribution in [1.82, 2.24) is 9.88 Å². The molecule has 0 saturated carbocycles. The first kappa shape index (κ1) is 21.1. The van der Waals surface area contributed by atoms with Crippen LogP contribution < -0.4 is 5.32 Å². The molecule has 152 valence electrons. The Morgan fingerprint density at radius 1 is 1.21 bits per heavy atom. The second-order valence-corrected chi connectivity index (χ2v) is 7.30. The van der Waals surface area contributed by atoms with E-state index in [2.05, 4.69) is 5.32 Å². The number of halogens is 3. The number of carbonyl (C=O) groups excluding carboxylic acids is 2. The average Bonchev–Trinajstić information content (AvgIpc) is 2.98. The molecule has 3 N–H and O–H groups in total. The Balaban J connectivity index is 2.29. The van der Waals surface area contributed by atoms with Crippen LogP contribution in [0.25, 0.3) is 10.9 Å². The van der Waals surface area contributed by atoms with Gasteiger partial charge in [-0.3, -0.25) is 14.2 Å². The smallest absolute Gasteiger partial charge is 0.262 e. The van der Waals surface area contributed by atoms with Crippen LogP contribution in [-0.4, -0.2) is 33.3 Å². The highest BCUT2D eigenvalue weighted by Gasteiger charge is 2.29. The zero-order chi connectivity index (χ0) is 21.5. The van der Waals surface area contributed by atoms with E-state index in [1.807, 2.05) is 0 Å². The summed E-state index contributed by atoms with van der Waals surface area (Å²) in [6.07, 6.45) is 0. The summed E-state index contributed by atoms with van der Waals surface area (Å²) >= 11 is 11.9. The second-order valence-electron chi connectivity index (χ2n) is 6.48. The Morgan fingerprint density at radius 2 is 1.90 bits per heavy atom. The van der Waals surface area contributed by atoms with Crippen LogP contribution in [-0.2, 0) is 4.79 Å². The SMILES string of the molecule is Cc1c(C(C)C(=O)NCO)c2c(F)c(O)ccc2n1C(=O)c1ccc(Cl)c(Cl)c1. The summed E-state index contributed by atoms with van der Waals surface area (Å²) < 4.78 is 16.1. The summed E-state index contributed by atoms with van der Waals surface area (Å²) in [6.45, 7) is 2.50. The molecule has 1 aromatic heterocycles. The quantitative estimate of drug-likeness (QED) is 0.537. The summed E-state index contributed by atoms with van der Waals surface area (Å²) in [4.78, 5) is 25.5. The van der Waals surface area contributed by atoms with Gasteiger partial charge in [0.2, 0.25) is 5.91 Å².